The Labute approximate surface area is 168 Å². The second kappa shape index (κ2) is 7.81. The maximum absolute atomic E-state index is 12.7. The highest BCUT2D eigenvalue weighted by Crippen LogP contribution is 2.34. The van der Waals surface area contributed by atoms with Crippen molar-refractivity contribution in [2.45, 2.75) is 0 Å². The molecule has 0 spiro atoms. The Bertz CT molecular complexity index is 1180. The van der Waals surface area contributed by atoms with Crippen LogP contribution in [0, 0.1) is 0 Å². The number of nitrogens with zero attached hydrogens (tertiary/aromatic N) is 2. The maximum atomic E-state index is 12.7. The molecule has 2 aromatic carbocycles. The van der Waals surface area contributed by atoms with Crippen LogP contribution in [-0.2, 0) is 0 Å². The quantitative estimate of drug-likeness (QED) is 0.465. The highest BCUT2D eigenvalue weighted by Gasteiger charge is 2.21. The number of furan rings is 1. The predicted octanol–water partition coefficient (Wildman–Crippen LogP) is 3.72. The summed E-state index contributed by atoms with van der Waals surface area (Å²) in [6, 6.07) is 12.8. The number of likely N-dealkylation sites (N-methyl/N-ethyl adjacent to an activating group) is 1. The number of benzene rings is 2. The highest BCUT2D eigenvalue weighted by atomic mass is 16.3. The molecule has 148 valence electrons. The monoisotopic (exact) mass is 390 g/mol. The molecule has 0 bridgehead atoms. The van der Waals surface area contributed by atoms with Gasteiger partial charge >= 0.3 is 0 Å². The Morgan fingerprint density at radius 2 is 2.03 bits per heavy atom. The third kappa shape index (κ3) is 3.86. The summed E-state index contributed by atoms with van der Waals surface area (Å²) in [5.41, 5.74) is 1.90. The average molecular weight is 390 g/mol. The summed E-state index contributed by atoms with van der Waals surface area (Å²) in [4.78, 5) is 18.8. The van der Waals surface area contributed by atoms with Crippen molar-refractivity contribution in [3.05, 3.63) is 60.6 Å². The van der Waals surface area contributed by atoms with E-state index in [9.17, 15) is 9.90 Å². The molecule has 2 aromatic heterocycles. The van der Waals surface area contributed by atoms with Gasteiger partial charge in [0.2, 0.25) is 5.76 Å². The summed E-state index contributed by atoms with van der Waals surface area (Å²) >= 11 is 0. The molecule has 0 aliphatic carbocycles. The molecule has 0 radical (unpaired) electrons. The summed E-state index contributed by atoms with van der Waals surface area (Å²) < 4.78 is 5.81. The van der Waals surface area contributed by atoms with E-state index in [1.807, 2.05) is 49.3 Å². The fraction of sp³-hybridized carbons (Fsp3) is 0.182. The van der Waals surface area contributed by atoms with Crippen molar-refractivity contribution >= 4 is 39.0 Å². The van der Waals surface area contributed by atoms with Crippen molar-refractivity contribution < 1.29 is 14.3 Å². The van der Waals surface area contributed by atoms with E-state index in [0.29, 0.717) is 17.8 Å². The minimum absolute atomic E-state index is 0.211. The number of phenols is 1. The Kier molecular flexibility index (Phi) is 5.05. The van der Waals surface area contributed by atoms with E-state index in [1.54, 1.807) is 24.5 Å². The molecule has 2 heterocycles. The number of rotatable bonds is 6. The summed E-state index contributed by atoms with van der Waals surface area (Å²) in [5, 5.41) is 18.6. The van der Waals surface area contributed by atoms with E-state index in [4.69, 9.17) is 4.42 Å². The van der Waals surface area contributed by atoms with Crippen LogP contribution in [0.4, 0.5) is 11.4 Å². The minimum Gasteiger partial charge on any atom is -0.507 e. The number of amides is 1. The smallest absolute Gasteiger partial charge is 0.289 e. The third-order valence-electron chi connectivity index (χ3n) is 4.67. The van der Waals surface area contributed by atoms with Crippen molar-refractivity contribution in [1.82, 2.24) is 15.2 Å². The van der Waals surface area contributed by atoms with Crippen LogP contribution in [0.5, 0.6) is 5.75 Å². The Morgan fingerprint density at radius 3 is 2.86 bits per heavy atom. The number of hydrogen-bond donors (Lipinski definition) is 3. The number of pyridine rings is 1. The first-order valence-corrected chi connectivity index (χ1v) is 9.31. The van der Waals surface area contributed by atoms with E-state index in [0.717, 1.165) is 28.4 Å². The van der Waals surface area contributed by atoms with Crippen LogP contribution in [0.25, 0.3) is 21.7 Å². The van der Waals surface area contributed by atoms with Gasteiger partial charge in [0.15, 0.2) is 5.58 Å². The molecule has 0 aliphatic heterocycles. The number of hydrogen-bond acceptors (Lipinski definition) is 6. The topological polar surface area (TPSA) is 90.6 Å². The van der Waals surface area contributed by atoms with Crippen LogP contribution in [0.15, 0.2) is 59.3 Å². The number of phenolic OH excluding ortho intramolecular Hbond substituents is 1. The van der Waals surface area contributed by atoms with Crippen LogP contribution < -0.4 is 10.6 Å². The SMILES string of the molecule is CN(C)CCNC(=O)c1oc2cnccc2c1Nc1ccc2c(O)cccc2c1. The number of fused-ring (bicyclic) bond motifs is 2. The molecule has 0 saturated heterocycles. The summed E-state index contributed by atoms with van der Waals surface area (Å²) in [5.74, 6) is 0.154. The molecule has 0 saturated carbocycles. The van der Waals surface area contributed by atoms with Gasteiger partial charge in [-0.2, -0.15) is 0 Å². The second-order valence-corrected chi connectivity index (χ2v) is 7.08. The summed E-state index contributed by atoms with van der Waals surface area (Å²) in [7, 11) is 3.90. The first kappa shape index (κ1) is 18.8. The number of aromatic nitrogens is 1. The van der Waals surface area contributed by atoms with Gasteiger partial charge in [0.05, 0.1) is 11.9 Å². The molecule has 7 nitrogen and oxygen atoms in total. The molecule has 1 amide bonds. The Hall–Kier alpha value is -3.58. The Balaban J connectivity index is 1.69. The number of anilines is 2. The maximum Gasteiger partial charge on any atom is 0.289 e. The molecule has 0 aliphatic rings. The van der Waals surface area contributed by atoms with Crippen molar-refractivity contribution in [2.75, 3.05) is 32.5 Å². The van der Waals surface area contributed by atoms with E-state index >= 15 is 0 Å². The van der Waals surface area contributed by atoms with Gasteiger partial charge in [-0.3, -0.25) is 9.78 Å². The zero-order valence-corrected chi connectivity index (χ0v) is 16.3. The molecule has 0 unspecified atom stereocenters. The summed E-state index contributed by atoms with van der Waals surface area (Å²) in [6.45, 7) is 1.24. The lowest BCUT2D eigenvalue weighted by molar-refractivity contribution is 0.0926. The zero-order chi connectivity index (χ0) is 20.4. The van der Waals surface area contributed by atoms with Gasteiger partial charge in [-0.1, -0.05) is 12.1 Å². The fourth-order valence-electron chi connectivity index (χ4n) is 3.20. The van der Waals surface area contributed by atoms with Gasteiger partial charge < -0.3 is 25.1 Å². The number of carbonyl (C=O) groups is 1. The standard InChI is InChI=1S/C22H22N4O3/c1-26(2)11-10-24-22(28)21-20(17-8-9-23-13-19(17)29-21)25-15-6-7-16-14(12-15)4-3-5-18(16)27/h3-9,12-13,25,27H,10-11H2,1-2H3,(H,24,28). The van der Waals surface area contributed by atoms with Gasteiger partial charge in [0.1, 0.15) is 5.75 Å². The molecular weight excluding hydrogens is 368 g/mol. The molecule has 3 N–H and O–H groups in total. The van der Waals surface area contributed by atoms with Crippen LogP contribution in [0.3, 0.4) is 0 Å². The largest absolute Gasteiger partial charge is 0.507 e. The number of carbonyl (C=O) groups excluding carboxylic acids is 1. The minimum atomic E-state index is -0.288. The lowest BCUT2D eigenvalue weighted by atomic mass is 10.1. The molecule has 4 rings (SSSR count). The Morgan fingerprint density at radius 1 is 1.17 bits per heavy atom. The van der Waals surface area contributed by atoms with Crippen molar-refractivity contribution in [3.63, 3.8) is 0 Å². The van der Waals surface area contributed by atoms with Gasteiger partial charge in [0.25, 0.3) is 5.91 Å². The molecule has 4 aromatic rings. The van der Waals surface area contributed by atoms with Crippen LogP contribution in [0.1, 0.15) is 10.6 Å². The van der Waals surface area contributed by atoms with E-state index < -0.39 is 0 Å². The summed E-state index contributed by atoms with van der Waals surface area (Å²) in [6.07, 6.45) is 3.25. The van der Waals surface area contributed by atoms with E-state index in [2.05, 4.69) is 15.6 Å². The molecular formula is C22H22N4O3. The van der Waals surface area contributed by atoms with Gasteiger partial charge in [0, 0.05) is 35.7 Å². The van der Waals surface area contributed by atoms with Crippen LogP contribution in [0.2, 0.25) is 0 Å². The van der Waals surface area contributed by atoms with Crippen LogP contribution >= 0.6 is 0 Å². The normalized spacial score (nSPS) is 11.3. The third-order valence-corrected chi connectivity index (χ3v) is 4.67. The lowest BCUT2D eigenvalue weighted by Crippen LogP contribution is -2.31. The van der Waals surface area contributed by atoms with Crippen LogP contribution in [-0.4, -0.2) is 48.1 Å². The van der Waals surface area contributed by atoms with Gasteiger partial charge in [-0.05, 0) is 49.8 Å². The molecule has 29 heavy (non-hydrogen) atoms. The molecule has 0 fully saturated rings. The number of nitrogens with one attached hydrogen (secondary N) is 2. The average Bonchev–Trinajstić information content (AvgIpc) is 3.06. The lowest BCUT2D eigenvalue weighted by Gasteiger charge is -2.11. The highest BCUT2D eigenvalue weighted by molar-refractivity contribution is 6.07. The first-order valence-electron chi connectivity index (χ1n) is 9.31. The first-order chi connectivity index (χ1) is 14.0. The zero-order valence-electron chi connectivity index (χ0n) is 16.3. The van der Waals surface area contributed by atoms with E-state index in [-0.39, 0.29) is 17.4 Å². The fourth-order valence-corrected chi connectivity index (χ4v) is 3.20. The number of aromatic hydroxyl groups is 1. The van der Waals surface area contributed by atoms with Gasteiger partial charge in [-0.25, -0.2) is 0 Å². The second-order valence-electron chi connectivity index (χ2n) is 7.08. The van der Waals surface area contributed by atoms with E-state index in [1.165, 1.54) is 0 Å². The van der Waals surface area contributed by atoms with Crippen molar-refractivity contribution in [1.29, 1.82) is 0 Å². The van der Waals surface area contributed by atoms with Crippen molar-refractivity contribution in [3.8, 4) is 5.75 Å². The predicted molar refractivity (Wildman–Crippen MR) is 114 cm³/mol. The van der Waals surface area contributed by atoms with Crippen molar-refractivity contribution in [2.24, 2.45) is 0 Å². The molecule has 0 atom stereocenters. The van der Waals surface area contributed by atoms with Gasteiger partial charge in [-0.15, -0.1) is 0 Å². The molecule has 7 heteroatoms.